The predicted molar refractivity (Wildman–Crippen MR) is 62.3 cm³/mol. The van der Waals surface area contributed by atoms with Crippen molar-refractivity contribution >= 4 is 17.1 Å². The van der Waals surface area contributed by atoms with Crippen LogP contribution in [-0.4, -0.2) is 5.78 Å². The van der Waals surface area contributed by atoms with Crippen LogP contribution in [0.2, 0.25) is 0 Å². The van der Waals surface area contributed by atoms with Crippen LogP contribution in [0.3, 0.4) is 0 Å². The quantitative estimate of drug-likeness (QED) is 0.761. The zero-order valence-corrected chi connectivity index (χ0v) is 9.69. The second kappa shape index (κ2) is 3.75. The van der Waals surface area contributed by atoms with Crippen molar-refractivity contribution in [1.82, 2.24) is 0 Å². The number of aryl methyl sites for hydroxylation is 1. The Morgan fingerprint density at radius 3 is 3.07 bits per heavy atom. The van der Waals surface area contributed by atoms with E-state index in [0.717, 1.165) is 18.8 Å². The van der Waals surface area contributed by atoms with Gasteiger partial charge in [0, 0.05) is 17.2 Å². The molecule has 0 N–H and O–H groups in total. The van der Waals surface area contributed by atoms with Gasteiger partial charge in [-0.15, -0.1) is 11.3 Å². The lowest BCUT2D eigenvalue weighted by Gasteiger charge is -2.21. The van der Waals surface area contributed by atoms with Crippen LogP contribution >= 0.6 is 11.3 Å². The summed E-state index contributed by atoms with van der Waals surface area (Å²) in [7, 11) is 0. The maximum atomic E-state index is 12.1. The highest BCUT2D eigenvalue weighted by atomic mass is 32.1. The molecule has 1 atom stereocenters. The summed E-state index contributed by atoms with van der Waals surface area (Å²) in [6.07, 6.45) is 6.91. The Morgan fingerprint density at radius 2 is 2.27 bits per heavy atom. The summed E-state index contributed by atoms with van der Waals surface area (Å²) in [5, 5.41) is 2.15. The van der Waals surface area contributed by atoms with E-state index in [-0.39, 0.29) is 5.92 Å². The number of Topliss-reactive ketones (excluding diaryl/α,β-unsaturated/α-hetero) is 1. The normalized spacial score (nSPS) is 24.9. The van der Waals surface area contributed by atoms with Crippen LogP contribution in [-0.2, 0) is 11.2 Å². The van der Waals surface area contributed by atoms with Crippen LogP contribution in [0.15, 0.2) is 11.4 Å². The van der Waals surface area contributed by atoms with E-state index in [2.05, 4.69) is 11.4 Å². The third kappa shape index (κ3) is 1.87. The first kappa shape index (κ1) is 9.59. The van der Waals surface area contributed by atoms with E-state index < -0.39 is 0 Å². The largest absolute Gasteiger partial charge is 0.299 e. The molecular formula is C13H16OS. The average Bonchev–Trinajstić information content (AvgIpc) is 2.93. The fourth-order valence-electron chi connectivity index (χ4n) is 2.57. The Morgan fingerprint density at radius 1 is 1.40 bits per heavy atom. The van der Waals surface area contributed by atoms with Crippen LogP contribution in [0.25, 0.3) is 0 Å². The minimum Gasteiger partial charge on any atom is -0.299 e. The second-order valence-corrected chi connectivity index (χ2v) is 5.86. The maximum Gasteiger partial charge on any atom is 0.140 e. The standard InChI is InChI=1S/C13H16OS/c14-12(8-9-4-5-9)10-2-1-3-13-11(10)6-7-15-13/h6-7,9-10H,1-5,8H2. The molecule has 2 aliphatic rings. The number of thiophene rings is 1. The molecule has 15 heavy (non-hydrogen) atoms. The molecule has 1 fully saturated rings. The van der Waals surface area contributed by atoms with Gasteiger partial charge in [0.1, 0.15) is 5.78 Å². The fourth-order valence-corrected chi connectivity index (χ4v) is 3.56. The van der Waals surface area contributed by atoms with Gasteiger partial charge in [-0.3, -0.25) is 4.79 Å². The number of carbonyl (C=O) groups is 1. The lowest BCUT2D eigenvalue weighted by atomic mass is 9.83. The summed E-state index contributed by atoms with van der Waals surface area (Å²) in [6.45, 7) is 0. The molecule has 0 saturated heterocycles. The van der Waals surface area contributed by atoms with Crippen LogP contribution in [0.4, 0.5) is 0 Å². The van der Waals surface area contributed by atoms with Gasteiger partial charge in [0.05, 0.1) is 0 Å². The highest BCUT2D eigenvalue weighted by Gasteiger charge is 2.31. The van der Waals surface area contributed by atoms with Gasteiger partial charge in [-0.1, -0.05) is 0 Å². The number of rotatable bonds is 3. The average molecular weight is 220 g/mol. The van der Waals surface area contributed by atoms with Crippen molar-refractivity contribution < 1.29 is 4.79 Å². The predicted octanol–water partition coefficient (Wildman–Crippen LogP) is 3.54. The van der Waals surface area contributed by atoms with Gasteiger partial charge in [0.2, 0.25) is 0 Å². The SMILES string of the molecule is O=C(CC1CC1)C1CCCc2sccc21. The lowest BCUT2D eigenvalue weighted by molar-refractivity contribution is -0.121. The summed E-state index contributed by atoms with van der Waals surface area (Å²) in [5.74, 6) is 1.50. The maximum absolute atomic E-state index is 12.1. The highest BCUT2D eigenvalue weighted by Crippen LogP contribution is 2.40. The van der Waals surface area contributed by atoms with Crippen molar-refractivity contribution in [2.75, 3.05) is 0 Å². The molecule has 1 aromatic heterocycles. The Bertz CT molecular complexity index is 376. The molecule has 1 nitrogen and oxygen atoms in total. The van der Waals surface area contributed by atoms with Gasteiger partial charge in [0.15, 0.2) is 0 Å². The molecule has 1 saturated carbocycles. The molecule has 1 heterocycles. The molecule has 1 unspecified atom stereocenters. The van der Waals surface area contributed by atoms with E-state index in [1.807, 2.05) is 11.3 Å². The molecule has 3 rings (SSSR count). The summed E-state index contributed by atoms with van der Waals surface area (Å²) in [6, 6.07) is 2.18. The molecule has 0 spiro atoms. The number of carbonyl (C=O) groups excluding carboxylic acids is 1. The number of hydrogen-bond acceptors (Lipinski definition) is 2. The van der Waals surface area contributed by atoms with E-state index in [1.165, 1.54) is 36.1 Å². The van der Waals surface area contributed by atoms with Crippen molar-refractivity contribution in [2.24, 2.45) is 5.92 Å². The van der Waals surface area contributed by atoms with Gasteiger partial charge in [-0.25, -0.2) is 0 Å². The van der Waals surface area contributed by atoms with E-state index >= 15 is 0 Å². The van der Waals surface area contributed by atoms with E-state index in [9.17, 15) is 4.79 Å². The zero-order chi connectivity index (χ0) is 10.3. The minimum atomic E-state index is 0.251. The van der Waals surface area contributed by atoms with Crippen molar-refractivity contribution in [1.29, 1.82) is 0 Å². The first-order chi connectivity index (χ1) is 7.34. The minimum absolute atomic E-state index is 0.251. The van der Waals surface area contributed by atoms with E-state index in [0.29, 0.717) is 5.78 Å². The number of ketones is 1. The Labute approximate surface area is 94.5 Å². The van der Waals surface area contributed by atoms with Crippen LogP contribution < -0.4 is 0 Å². The molecular weight excluding hydrogens is 204 g/mol. The molecule has 1 aromatic rings. The highest BCUT2D eigenvalue weighted by molar-refractivity contribution is 7.10. The Kier molecular flexibility index (Phi) is 2.39. The zero-order valence-electron chi connectivity index (χ0n) is 8.87. The van der Waals surface area contributed by atoms with Crippen LogP contribution in [0.5, 0.6) is 0 Å². The Balaban J connectivity index is 1.79. The number of fused-ring (bicyclic) bond motifs is 1. The number of hydrogen-bond donors (Lipinski definition) is 0. The van der Waals surface area contributed by atoms with Crippen molar-refractivity contribution in [3.8, 4) is 0 Å². The molecule has 0 aliphatic heterocycles. The summed E-state index contributed by atoms with van der Waals surface area (Å²) in [4.78, 5) is 13.6. The van der Waals surface area contributed by atoms with E-state index in [1.54, 1.807) is 0 Å². The van der Waals surface area contributed by atoms with Crippen molar-refractivity contribution in [3.05, 3.63) is 21.9 Å². The molecule has 2 heteroatoms. The molecule has 80 valence electrons. The smallest absolute Gasteiger partial charge is 0.140 e. The van der Waals surface area contributed by atoms with Gasteiger partial charge < -0.3 is 0 Å². The first-order valence-electron chi connectivity index (χ1n) is 5.93. The van der Waals surface area contributed by atoms with Crippen LogP contribution in [0, 0.1) is 5.92 Å². The molecule has 0 bridgehead atoms. The third-order valence-corrected chi connectivity index (χ3v) is 4.62. The topological polar surface area (TPSA) is 17.1 Å². The van der Waals surface area contributed by atoms with Gasteiger partial charge >= 0.3 is 0 Å². The molecule has 0 aromatic carbocycles. The first-order valence-corrected chi connectivity index (χ1v) is 6.81. The van der Waals surface area contributed by atoms with Crippen LogP contribution in [0.1, 0.15) is 48.5 Å². The second-order valence-electron chi connectivity index (χ2n) is 4.86. The summed E-state index contributed by atoms with van der Waals surface area (Å²) in [5.41, 5.74) is 1.36. The van der Waals surface area contributed by atoms with Gasteiger partial charge in [-0.05, 0) is 55.0 Å². The summed E-state index contributed by atoms with van der Waals surface area (Å²) >= 11 is 1.83. The summed E-state index contributed by atoms with van der Waals surface area (Å²) < 4.78 is 0. The van der Waals surface area contributed by atoms with Gasteiger partial charge in [-0.2, -0.15) is 0 Å². The monoisotopic (exact) mass is 220 g/mol. The van der Waals surface area contributed by atoms with E-state index in [4.69, 9.17) is 0 Å². The lowest BCUT2D eigenvalue weighted by Crippen LogP contribution is -2.17. The van der Waals surface area contributed by atoms with Crippen molar-refractivity contribution in [3.63, 3.8) is 0 Å². The molecule has 0 radical (unpaired) electrons. The Hall–Kier alpha value is -0.630. The molecule has 0 amide bonds. The molecule has 2 aliphatic carbocycles. The van der Waals surface area contributed by atoms with Crippen molar-refractivity contribution in [2.45, 2.75) is 44.4 Å². The van der Waals surface area contributed by atoms with Gasteiger partial charge in [0.25, 0.3) is 0 Å². The fraction of sp³-hybridized carbons (Fsp3) is 0.615. The third-order valence-electron chi connectivity index (χ3n) is 3.63.